The number of cyclic esters (lactones) is 1. The molecule has 0 bridgehead atoms. The van der Waals surface area contributed by atoms with Crippen molar-refractivity contribution >= 4 is 28.1 Å². The maximum Gasteiger partial charge on any atom is 0.363 e. The highest BCUT2D eigenvalue weighted by Gasteiger charge is 2.26. The van der Waals surface area contributed by atoms with Crippen LogP contribution in [0.5, 0.6) is 11.5 Å². The molecular weight excluding hydrogens is 449 g/mol. The number of esters is 1. The first-order chi connectivity index (χ1) is 15.9. The molecule has 0 radical (unpaired) electrons. The fourth-order valence-corrected chi connectivity index (χ4v) is 3.98. The Morgan fingerprint density at radius 1 is 1.00 bits per heavy atom. The molecule has 0 unspecified atom stereocenters. The van der Waals surface area contributed by atoms with E-state index in [4.69, 9.17) is 13.7 Å². The molecule has 7 nitrogen and oxygen atoms in total. The number of carbonyl (C=O) groups is 1. The lowest BCUT2D eigenvalue weighted by Gasteiger charge is -2.12. The van der Waals surface area contributed by atoms with E-state index >= 15 is 0 Å². The van der Waals surface area contributed by atoms with Gasteiger partial charge in [0.15, 0.2) is 17.2 Å². The van der Waals surface area contributed by atoms with Crippen LogP contribution in [0.25, 0.3) is 6.08 Å². The quantitative estimate of drug-likeness (QED) is 0.292. The van der Waals surface area contributed by atoms with Crippen molar-refractivity contribution in [1.82, 2.24) is 0 Å². The van der Waals surface area contributed by atoms with Gasteiger partial charge in [-0.3, -0.25) is 0 Å². The molecule has 0 fully saturated rings. The maximum absolute atomic E-state index is 14.0. The number of nitrogens with zero attached hydrogens (tertiary/aromatic N) is 1. The standard InChI is InChI=1S/C24H18FNO6S/c1-2-30-22-15-16(12-13-21(22)32-33(28,29)17-8-4-3-5-9-17)14-20-24(27)31-23(26-20)18-10-6-7-11-19(18)25/h3-15H,2H2,1H3. The van der Waals surface area contributed by atoms with Crippen molar-refractivity contribution in [2.24, 2.45) is 4.99 Å². The number of rotatable bonds is 7. The number of benzene rings is 3. The zero-order valence-corrected chi connectivity index (χ0v) is 18.2. The van der Waals surface area contributed by atoms with Crippen LogP contribution in [0.1, 0.15) is 18.1 Å². The number of hydrogen-bond donors (Lipinski definition) is 0. The molecule has 0 atom stereocenters. The van der Waals surface area contributed by atoms with Crippen molar-refractivity contribution in [1.29, 1.82) is 0 Å². The van der Waals surface area contributed by atoms with Crippen molar-refractivity contribution in [2.75, 3.05) is 6.61 Å². The Bertz CT molecular complexity index is 1370. The van der Waals surface area contributed by atoms with E-state index in [1.165, 1.54) is 54.6 Å². The van der Waals surface area contributed by atoms with Crippen LogP contribution in [-0.4, -0.2) is 26.9 Å². The summed E-state index contributed by atoms with van der Waals surface area (Å²) in [4.78, 5) is 16.3. The predicted octanol–water partition coefficient (Wildman–Crippen LogP) is 4.34. The van der Waals surface area contributed by atoms with E-state index in [1.54, 1.807) is 31.2 Å². The van der Waals surface area contributed by atoms with Gasteiger partial charge in [0.2, 0.25) is 5.90 Å². The monoisotopic (exact) mass is 467 g/mol. The topological polar surface area (TPSA) is 91.3 Å². The van der Waals surface area contributed by atoms with Crippen LogP contribution in [0, 0.1) is 5.82 Å². The molecule has 168 valence electrons. The lowest BCUT2D eigenvalue weighted by Crippen LogP contribution is -2.10. The molecule has 0 saturated heterocycles. The van der Waals surface area contributed by atoms with Crippen molar-refractivity contribution in [2.45, 2.75) is 11.8 Å². The number of carbonyl (C=O) groups excluding carboxylic acids is 1. The summed E-state index contributed by atoms with van der Waals surface area (Å²) in [5.74, 6) is -1.28. The molecule has 33 heavy (non-hydrogen) atoms. The summed E-state index contributed by atoms with van der Waals surface area (Å²) >= 11 is 0. The van der Waals surface area contributed by atoms with Gasteiger partial charge in [0.05, 0.1) is 12.2 Å². The average Bonchev–Trinajstić information content (AvgIpc) is 3.16. The van der Waals surface area contributed by atoms with Crippen LogP contribution < -0.4 is 8.92 Å². The molecule has 1 heterocycles. The zero-order chi connectivity index (χ0) is 23.4. The van der Waals surface area contributed by atoms with Gasteiger partial charge in [0.1, 0.15) is 10.7 Å². The molecule has 0 spiro atoms. The summed E-state index contributed by atoms with van der Waals surface area (Å²) in [6.07, 6.45) is 1.42. The molecule has 4 rings (SSSR count). The molecule has 1 aliphatic rings. The highest BCUT2D eigenvalue weighted by molar-refractivity contribution is 7.87. The number of ether oxygens (including phenoxy) is 2. The van der Waals surface area contributed by atoms with Gasteiger partial charge in [-0.2, -0.15) is 8.42 Å². The second-order valence-corrected chi connectivity index (χ2v) is 8.35. The summed E-state index contributed by atoms with van der Waals surface area (Å²) < 4.78 is 55.0. The van der Waals surface area contributed by atoms with Gasteiger partial charge < -0.3 is 13.7 Å². The van der Waals surface area contributed by atoms with E-state index in [0.29, 0.717) is 5.56 Å². The molecule has 0 N–H and O–H groups in total. The largest absolute Gasteiger partial charge is 0.490 e. The first-order valence-corrected chi connectivity index (χ1v) is 11.3. The van der Waals surface area contributed by atoms with Gasteiger partial charge in [-0.1, -0.05) is 36.4 Å². The lowest BCUT2D eigenvalue weighted by molar-refractivity contribution is -0.129. The Morgan fingerprint density at radius 2 is 1.73 bits per heavy atom. The highest BCUT2D eigenvalue weighted by Crippen LogP contribution is 2.32. The van der Waals surface area contributed by atoms with E-state index in [0.717, 1.165) is 0 Å². The van der Waals surface area contributed by atoms with E-state index in [2.05, 4.69) is 4.99 Å². The Hall–Kier alpha value is -3.98. The fourth-order valence-electron chi connectivity index (χ4n) is 3.02. The molecule has 9 heteroatoms. The minimum absolute atomic E-state index is 0.00218. The summed E-state index contributed by atoms with van der Waals surface area (Å²) in [5.41, 5.74) is 0.508. The number of aliphatic imine (C=N–C) groups is 1. The third-order valence-electron chi connectivity index (χ3n) is 4.53. The predicted molar refractivity (Wildman–Crippen MR) is 119 cm³/mol. The Labute approximate surface area is 189 Å². The Morgan fingerprint density at radius 3 is 2.45 bits per heavy atom. The van der Waals surface area contributed by atoms with Crippen molar-refractivity contribution < 1.29 is 31.3 Å². The molecule has 0 aliphatic carbocycles. The lowest BCUT2D eigenvalue weighted by atomic mass is 10.1. The summed E-state index contributed by atoms with van der Waals surface area (Å²) in [7, 11) is -4.07. The van der Waals surface area contributed by atoms with Gasteiger partial charge in [-0.25, -0.2) is 14.2 Å². The van der Waals surface area contributed by atoms with E-state index in [1.807, 2.05) is 0 Å². The number of hydrogen-bond acceptors (Lipinski definition) is 7. The van der Waals surface area contributed by atoms with E-state index in [-0.39, 0.29) is 40.2 Å². The molecule has 3 aromatic carbocycles. The normalized spacial score (nSPS) is 14.7. The van der Waals surface area contributed by atoms with Gasteiger partial charge in [0.25, 0.3) is 0 Å². The van der Waals surface area contributed by atoms with Crippen LogP contribution in [0.15, 0.2) is 88.4 Å². The molecule has 3 aromatic rings. The minimum atomic E-state index is -4.07. The van der Waals surface area contributed by atoms with E-state index < -0.39 is 21.9 Å². The van der Waals surface area contributed by atoms with Crippen LogP contribution in [0.3, 0.4) is 0 Å². The first-order valence-electron chi connectivity index (χ1n) is 9.91. The third kappa shape index (κ3) is 4.93. The van der Waals surface area contributed by atoms with Gasteiger partial charge in [-0.05, 0) is 55.0 Å². The SMILES string of the molecule is CCOc1cc(C=C2N=C(c3ccccc3F)OC2=O)ccc1OS(=O)(=O)c1ccccc1. The second-order valence-electron chi connectivity index (χ2n) is 6.81. The first kappa shape index (κ1) is 22.2. The summed E-state index contributed by atoms with van der Waals surface area (Å²) in [6, 6.07) is 18.0. The van der Waals surface area contributed by atoms with Crippen LogP contribution in [0.4, 0.5) is 4.39 Å². The average molecular weight is 467 g/mol. The Balaban J connectivity index is 1.64. The van der Waals surface area contributed by atoms with Crippen LogP contribution in [-0.2, 0) is 19.6 Å². The highest BCUT2D eigenvalue weighted by atomic mass is 32.2. The summed E-state index contributed by atoms with van der Waals surface area (Å²) in [6.45, 7) is 1.99. The fraction of sp³-hybridized carbons (Fsp3) is 0.0833. The smallest absolute Gasteiger partial charge is 0.363 e. The molecule has 0 aromatic heterocycles. The van der Waals surface area contributed by atoms with Crippen LogP contribution >= 0.6 is 0 Å². The third-order valence-corrected chi connectivity index (χ3v) is 5.78. The Kier molecular flexibility index (Phi) is 6.23. The summed E-state index contributed by atoms with van der Waals surface area (Å²) in [5, 5.41) is 0. The number of halogens is 1. The minimum Gasteiger partial charge on any atom is -0.490 e. The molecule has 0 saturated carbocycles. The molecule has 1 aliphatic heterocycles. The molecular formula is C24H18FNO6S. The van der Waals surface area contributed by atoms with Crippen LogP contribution in [0.2, 0.25) is 0 Å². The van der Waals surface area contributed by atoms with Crippen molar-refractivity contribution in [3.05, 3.63) is 95.4 Å². The van der Waals surface area contributed by atoms with Gasteiger partial charge in [0, 0.05) is 0 Å². The van der Waals surface area contributed by atoms with Crippen molar-refractivity contribution in [3.8, 4) is 11.5 Å². The second kappa shape index (κ2) is 9.25. The van der Waals surface area contributed by atoms with E-state index in [9.17, 15) is 17.6 Å². The van der Waals surface area contributed by atoms with Gasteiger partial charge >= 0.3 is 16.1 Å². The van der Waals surface area contributed by atoms with Gasteiger partial charge in [-0.15, -0.1) is 0 Å². The zero-order valence-electron chi connectivity index (χ0n) is 17.4. The maximum atomic E-state index is 14.0. The molecule has 0 amide bonds. The van der Waals surface area contributed by atoms with Crippen molar-refractivity contribution in [3.63, 3.8) is 0 Å².